The third-order valence-electron chi connectivity index (χ3n) is 4.22. The fourth-order valence-corrected chi connectivity index (χ4v) is 3.21. The highest BCUT2D eigenvalue weighted by Gasteiger charge is 2.40. The number of nitrogens with one attached hydrogen (secondary N) is 1. The predicted octanol–water partition coefficient (Wildman–Crippen LogP) is 1.59. The molecule has 11 nitrogen and oxygen atoms in total. The highest BCUT2D eigenvalue weighted by Crippen LogP contribution is 2.32. The minimum atomic E-state index is -3.18. The Labute approximate surface area is 170 Å². The molecule has 3 N–H and O–H groups in total. The molecule has 30 heavy (non-hydrogen) atoms. The molecule has 0 spiro atoms. The Hall–Kier alpha value is -2.89. The maximum absolute atomic E-state index is 15.2. The predicted molar refractivity (Wildman–Crippen MR) is 102 cm³/mol. The molecule has 3 rings (SSSR count). The number of imidazole rings is 1. The first-order valence-corrected chi connectivity index (χ1v) is 9.73. The Bertz CT molecular complexity index is 1030. The summed E-state index contributed by atoms with van der Waals surface area (Å²) < 4.78 is 36.9. The van der Waals surface area contributed by atoms with Crippen molar-refractivity contribution in [2.24, 2.45) is 0 Å². The molecule has 0 bridgehead atoms. The van der Waals surface area contributed by atoms with Crippen molar-refractivity contribution in [1.82, 2.24) is 19.5 Å². The number of halogens is 1. The lowest BCUT2D eigenvalue weighted by Crippen LogP contribution is -2.38. The summed E-state index contributed by atoms with van der Waals surface area (Å²) in [6, 6.07) is 8.39. The first-order chi connectivity index (χ1) is 14.5. The van der Waals surface area contributed by atoms with Crippen molar-refractivity contribution in [1.29, 1.82) is 0 Å². The molecule has 0 aliphatic rings. The molecule has 1 amide bonds. The van der Waals surface area contributed by atoms with Crippen molar-refractivity contribution in [2.75, 3.05) is 19.0 Å². The van der Waals surface area contributed by atoms with Gasteiger partial charge in [-0.15, -0.1) is 9.42 Å². The summed E-state index contributed by atoms with van der Waals surface area (Å²) in [7, 11) is -1.99. The zero-order chi connectivity index (χ0) is 21.7. The van der Waals surface area contributed by atoms with Crippen LogP contribution in [0.25, 0.3) is 11.2 Å². The number of hydrogen-bond donors (Lipinski definition) is 3. The van der Waals surface area contributed by atoms with E-state index in [0.717, 1.165) is 17.2 Å². The van der Waals surface area contributed by atoms with Gasteiger partial charge in [-0.05, 0) is 12.1 Å². The summed E-state index contributed by atoms with van der Waals surface area (Å²) in [4.78, 5) is 33.5. The van der Waals surface area contributed by atoms with Crippen LogP contribution in [0.5, 0.6) is 0 Å². The molecule has 0 saturated heterocycles. The maximum Gasteiger partial charge on any atom is 0.695 e. The molecule has 13 heteroatoms. The highest BCUT2D eigenvalue weighted by atomic mass is 31.1. The molecule has 0 radical (unpaired) electrons. The number of ether oxygens (including phenoxy) is 1. The Morgan fingerprint density at radius 1 is 1.30 bits per heavy atom. The van der Waals surface area contributed by atoms with Crippen LogP contribution in [0.1, 0.15) is 16.7 Å². The second kappa shape index (κ2) is 9.74. The molecule has 0 aliphatic carbocycles. The molecule has 158 valence electrons. The summed E-state index contributed by atoms with van der Waals surface area (Å²) in [5.41, 5.74) is 0.475. The summed E-state index contributed by atoms with van der Waals surface area (Å²) >= 11 is 0. The Morgan fingerprint density at radius 2 is 2.03 bits per heavy atom. The largest absolute Gasteiger partial charge is 0.695 e. The fraction of sp³-hybridized carbons (Fsp3) is 0.294. The van der Waals surface area contributed by atoms with Gasteiger partial charge in [-0.25, -0.2) is 19.3 Å². The normalized spacial score (nSPS) is 14.9. The van der Waals surface area contributed by atoms with E-state index in [2.05, 4.69) is 20.3 Å². The van der Waals surface area contributed by atoms with Crippen LogP contribution in [-0.4, -0.2) is 61.4 Å². The first kappa shape index (κ1) is 21.8. The van der Waals surface area contributed by atoms with Crippen LogP contribution in [-0.2, 0) is 13.8 Å². The molecule has 0 fully saturated rings. The summed E-state index contributed by atoms with van der Waals surface area (Å²) in [5, 5.41) is 12.0. The molecular formula is C17H18FN5O6P+. The number of aromatic nitrogens is 4. The number of amides is 1. The van der Waals surface area contributed by atoms with Gasteiger partial charge in [0, 0.05) is 17.2 Å². The number of fused-ring (bicyclic) bond motifs is 1. The van der Waals surface area contributed by atoms with Crippen LogP contribution in [0, 0.1) is 0 Å². The van der Waals surface area contributed by atoms with Crippen LogP contribution in [0.2, 0.25) is 0 Å². The van der Waals surface area contributed by atoms with E-state index in [4.69, 9.17) is 14.2 Å². The van der Waals surface area contributed by atoms with Gasteiger partial charge in [-0.3, -0.25) is 9.36 Å². The SMILES string of the molecule is CO[C@H](CO)[C@@H](O[P+](=O)O)[C@@H](F)n1cnc2c(NC(=O)c3ccccc3)ncnc21. The number of hydrogen-bond acceptors (Lipinski definition) is 8. The number of carbonyl (C=O) groups excluding carboxylic acids is 1. The van der Waals surface area contributed by atoms with Gasteiger partial charge in [-0.1, -0.05) is 18.2 Å². The highest BCUT2D eigenvalue weighted by molar-refractivity contribution is 7.32. The van der Waals surface area contributed by atoms with Gasteiger partial charge < -0.3 is 15.2 Å². The minimum Gasteiger partial charge on any atom is -0.394 e. The average molecular weight is 438 g/mol. The third kappa shape index (κ3) is 4.64. The minimum absolute atomic E-state index is 0.00424. The molecule has 1 unspecified atom stereocenters. The molecule has 1 aromatic carbocycles. The smallest absolute Gasteiger partial charge is 0.394 e. The zero-order valence-corrected chi connectivity index (χ0v) is 16.5. The number of alkyl halides is 1. The van der Waals surface area contributed by atoms with Gasteiger partial charge in [-0.2, -0.15) is 0 Å². The number of methoxy groups -OCH3 is 1. The second-order valence-electron chi connectivity index (χ2n) is 6.00. The topological polar surface area (TPSA) is 149 Å². The third-order valence-corrected chi connectivity index (χ3v) is 4.65. The van der Waals surface area contributed by atoms with Gasteiger partial charge in [0.2, 0.25) is 6.30 Å². The number of anilines is 1. The van der Waals surface area contributed by atoms with Gasteiger partial charge in [0.15, 0.2) is 23.1 Å². The Morgan fingerprint density at radius 3 is 2.67 bits per heavy atom. The van der Waals surface area contributed by atoms with E-state index < -0.39 is 39.3 Å². The lowest BCUT2D eigenvalue weighted by atomic mass is 10.2. The Kier molecular flexibility index (Phi) is 7.08. The van der Waals surface area contributed by atoms with Crippen LogP contribution < -0.4 is 5.32 Å². The van der Waals surface area contributed by atoms with Crippen LogP contribution >= 0.6 is 8.25 Å². The molecule has 0 aliphatic heterocycles. The molecular weight excluding hydrogens is 420 g/mol. The van der Waals surface area contributed by atoms with Gasteiger partial charge >= 0.3 is 8.25 Å². The molecule has 0 saturated carbocycles. The number of aliphatic hydroxyl groups is 1. The lowest BCUT2D eigenvalue weighted by molar-refractivity contribution is -0.0772. The van der Waals surface area contributed by atoms with E-state index in [9.17, 15) is 14.5 Å². The van der Waals surface area contributed by atoms with Crippen molar-refractivity contribution in [2.45, 2.75) is 18.5 Å². The van der Waals surface area contributed by atoms with Crippen LogP contribution in [0.3, 0.4) is 0 Å². The van der Waals surface area contributed by atoms with E-state index in [0.29, 0.717) is 5.56 Å². The number of nitrogens with zero attached hydrogens (tertiary/aromatic N) is 4. The average Bonchev–Trinajstić information content (AvgIpc) is 3.19. The van der Waals surface area contributed by atoms with Crippen LogP contribution in [0.15, 0.2) is 43.0 Å². The molecule has 4 atom stereocenters. The van der Waals surface area contributed by atoms with E-state index in [-0.39, 0.29) is 17.0 Å². The number of benzene rings is 1. The Balaban J connectivity index is 1.93. The van der Waals surface area contributed by atoms with Gasteiger partial charge in [0.1, 0.15) is 12.4 Å². The summed E-state index contributed by atoms with van der Waals surface area (Å²) in [6.45, 7) is -0.662. The lowest BCUT2D eigenvalue weighted by Gasteiger charge is -2.23. The van der Waals surface area contributed by atoms with Gasteiger partial charge in [0.05, 0.1) is 12.9 Å². The fourth-order valence-electron chi connectivity index (χ4n) is 2.76. The van der Waals surface area contributed by atoms with E-state index in [1.54, 1.807) is 30.3 Å². The van der Waals surface area contributed by atoms with Crippen molar-refractivity contribution in [3.8, 4) is 0 Å². The van der Waals surface area contributed by atoms with Crippen molar-refractivity contribution in [3.63, 3.8) is 0 Å². The van der Waals surface area contributed by atoms with Crippen molar-refractivity contribution < 1.29 is 33.0 Å². The van der Waals surface area contributed by atoms with E-state index in [1.165, 1.54) is 7.11 Å². The van der Waals surface area contributed by atoms with E-state index >= 15 is 4.39 Å². The standard InChI is InChI=1S/C17H17FN5O6P/c1-28-11(7-24)13(29-30(26)27)14(18)23-9-21-12-15(19-8-20-16(12)23)22-17(25)10-5-3-2-4-6-10/h2-6,8-9,11,13-14,24H,7H2,1H3,(H-,19,20,22,25,26,27)/p+1/t11-,13-,14+/m1/s1. The molecule has 3 aromatic rings. The first-order valence-electron chi connectivity index (χ1n) is 8.60. The quantitative estimate of drug-likeness (QED) is 0.423. The number of rotatable bonds is 9. The van der Waals surface area contributed by atoms with Gasteiger partial charge in [0.25, 0.3) is 5.91 Å². The second-order valence-corrected chi connectivity index (χ2v) is 6.69. The van der Waals surface area contributed by atoms with Crippen molar-refractivity contribution in [3.05, 3.63) is 48.5 Å². The maximum atomic E-state index is 15.2. The molecule has 2 aromatic heterocycles. The number of aliphatic hydroxyl groups excluding tert-OH is 1. The van der Waals surface area contributed by atoms with Crippen LogP contribution in [0.4, 0.5) is 10.2 Å². The monoisotopic (exact) mass is 438 g/mol. The number of carbonyl (C=O) groups is 1. The van der Waals surface area contributed by atoms with Crippen molar-refractivity contribution >= 4 is 31.1 Å². The molecule has 2 heterocycles. The summed E-state index contributed by atoms with van der Waals surface area (Å²) in [6.07, 6.45) is -2.78. The van der Waals surface area contributed by atoms with E-state index in [1.807, 2.05) is 0 Å². The zero-order valence-electron chi connectivity index (χ0n) is 15.6. The summed E-state index contributed by atoms with van der Waals surface area (Å²) in [5.74, 6) is -0.392.